The first-order chi connectivity index (χ1) is 7.20. The quantitative estimate of drug-likeness (QED) is 0.321. The Labute approximate surface area is 117 Å². The molecule has 0 fully saturated rings. The maximum absolute atomic E-state index is 4.97. The highest BCUT2D eigenvalue weighted by atomic mass is 127. The minimum Gasteiger partial charge on any atom is -0.383 e. The molecule has 0 aliphatic rings. The van der Waals surface area contributed by atoms with E-state index in [1.54, 1.807) is 7.11 Å². The third-order valence-electron chi connectivity index (χ3n) is 1.92. The van der Waals surface area contributed by atoms with E-state index in [9.17, 15) is 0 Å². The Morgan fingerprint density at radius 2 is 2.00 bits per heavy atom. The lowest BCUT2D eigenvalue weighted by Crippen LogP contribution is -2.39. The molecule has 98 valence electrons. The largest absolute Gasteiger partial charge is 0.383 e. The molecule has 0 atom stereocenters. The zero-order valence-electron chi connectivity index (χ0n) is 10.9. The molecule has 4 nitrogen and oxygen atoms in total. The molecule has 0 aromatic carbocycles. The van der Waals surface area contributed by atoms with Gasteiger partial charge in [-0.15, -0.1) is 24.0 Å². The van der Waals surface area contributed by atoms with Crippen LogP contribution >= 0.6 is 24.0 Å². The fourth-order valence-corrected chi connectivity index (χ4v) is 1.05. The summed E-state index contributed by atoms with van der Waals surface area (Å²) in [7, 11) is 1.70. The standard InChI is InChI=1S/C11H25N3O.HI/c1-5-12-11(14-8-9-15-4)13-7-6-10(2)3;/h10H,5-9H2,1-4H3,(H2,12,13,14);1H. The molecule has 0 aromatic rings. The van der Waals surface area contributed by atoms with Gasteiger partial charge in [0, 0.05) is 26.7 Å². The van der Waals surface area contributed by atoms with Crippen molar-refractivity contribution in [1.82, 2.24) is 10.6 Å². The summed E-state index contributed by atoms with van der Waals surface area (Å²) in [4.78, 5) is 4.46. The van der Waals surface area contributed by atoms with Crippen molar-refractivity contribution in [3.63, 3.8) is 0 Å². The second-order valence-corrected chi connectivity index (χ2v) is 3.86. The molecule has 5 heteroatoms. The normalized spacial score (nSPS) is 11.2. The number of ether oxygens (including phenoxy) is 1. The van der Waals surface area contributed by atoms with Crippen LogP contribution in [0.25, 0.3) is 0 Å². The van der Waals surface area contributed by atoms with Gasteiger partial charge < -0.3 is 15.4 Å². The average molecular weight is 343 g/mol. The van der Waals surface area contributed by atoms with Crippen LogP contribution in [0.4, 0.5) is 0 Å². The van der Waals surface area contributed by atoms with Crippen molar-refractivity contribution in [3.05, 3.63) is 0 Å². The molecular weight excluding hydrogens is 317 g/mol. The third kappa shape index (κ3) is 12.0. The summed E-state index contributed by atoms with van der Waals surface area (Å²) in [6, 6.07) is 0. The smallest absolute Gasteiger partial charge is 0.191 e. The van der Waals surface area contributed by atoms with Gasteiger partial charge in [0.2, 0.25) is 0 Å². The van der Waals surface area contributed by atoms with Crippen LogP contribution in [0, 0.1) is 5.92 Å². The molecule has 0 unspecified atom stereocenters. The first-order valence-electron chi connectivity index (χ1n) is 5.71. The number of aliphatic imine (C=N–C) groups is 1. The van der Waals surface area contributed by atoms with Gasteiger partial charge in [-0.05, 0) is 19.3 Å². The van der Waals surface area contributed by atoms with Gasteiger partial charge in [0.05, 0.1) is 6.61 Å². The molecule has 0 rings (SSSR count). The fraction of sp³-hybridized carbons (Fsp3) is 0.909. The number of nitrogens with zero attached hydrogens (tertiary/aromatic N) is 1. The lowest BCUT2D eigenvalue weighted by molar-refractivity contribution is 0.203. The topological polar surface area (TPSA) is 45.7 Å². The van der Waals surface area contributed by atoms with E-state index >= 15 is 0 Å². The van der Waals surface area contributed by atoms with E-state index in [2.05, 4.69) is 36.4 Å². The van der Waals surface area contributed by atoms with Gasteiger partial charge in [0.25, 0.3) is 0 Å². The Morgan fingerprint density at radius 3 is 2.50 bits per heavy atom. The first kappa shape index (κ1) is 18.3. The molecule has 0 radical (unpaired) electrons. The monoisotopic (exact) mass is 343 g/mol. The van der Waals surface area contributed by atoms with Crippen LogP contribution in [0.2, 0.25) is 0 Å². The van der Waals surface area contributed by atoms with Crippen LogP contribution in [-0.2, 0) is 4.74 Å². The molecule has 0 aliphatic heterocycles. The van der Waals surface area contributed by atoms with Crippen molar-refractivity contribution < 1.29 is 4.74 Å². The SMILES string of the molecule is CCNC(=NCCC(C)C)NCCOC.I. The van der Waals surface area contributed by atoms with Gasteiger partial charge >= 0.3 is 0 Å². The highest BCUT2D eigenvalue weighted by molar-refractivity contribution is 14.0. The average Bonchev–Trinajstić information content (AvgIpc) is 2.17. The summed E-state index contributed by atoms with van der Waals surface area (Å²) in [5, 5.41) is 6.41. The second-order valence-electron chi connectivity index (χ2n) is 3.86. The molecule has 0 saturated heterocycles. The van der Waals surface area contributed by atoms with E-state index in [1.165, 1.54) is 0 Å². The van der Waals surface area contributed by atoms with E-state index < -0.39 is 0 Å². The van der Waals surface area contributed by atoms with E-state index in [0.29, 0.717) is 12.5 Å². The van der Waals surface area contributed by atoms with Crippen LogP contribution in [-0.4, -0.2) is 39.3 Å². The van der Waals surface area contributed by atoms with Crippen LogP contribution in [0.15, 0.2) is 4.99 Å². The number of guanidine groups is 1. The van der Waals surface area contributed by atoms with Gasteiger partial charge in [-0.1, -0.05) is 13.8 Å². The van der Waals surface area contributed by atoms with Crippen molar-refractivity contribution in [3.8, 4) is 0 Å². The molecule has 2 N–H and O–H groups in total. The molecule has 16 heavy (non-hydrogen) atoms. The second kappa shape index (κ2) is 13.0. The molecule has 0 spiro atoms. The summed E-state index contributed by atoms with van der Waals surface area (Å²) >= 11 is 0. The fourth-order valence-electron chi connectivity index (χ4n) is 1.05. The predicted octanol–water partition coefficient (Wildman–Crippen LogP) is 1.85. The zero-order chi connectivity index (χ0) is 11.5. The van der Waals surface area contributed by atoms with Gasteiger partial charge in [0.15, 0.2) is 5.96 Å². The van der Waals surface area contributed by atoms with E-state index in [1.807, 2.05) is 0 Å². The van der Waals surface area contributed by atoms with Crippen molar-refractivity contribution in [2.45, 2.75) is 27.2 Å². The Balaban J connectivity index is 0. The number of methoxy groups -OCH3 is 1. The van der Waals surface area contributed by atoms with Crippen LogP contribution in [0.1, 0.15) is 27.2 Å². The summed E-state index contributed by atoms with van der Waals surface area (Å²) in [6.45, 7) is 9.75. The Hall–Kier alpha value is -0.0400. The van der Waals surface area contributed by atoms with Crippen LogP contribution in [0.5, 0.6) is 0 Å². The van der Waals surface area contributed by atoms with E-state index in [4.69, 9.17) is 4.74 Å². The summed E-state index contributed by atoms with van der Waals surface area (Å²) < 4.78 is 4.97. The van der Waals surface area contributed by atoms with Crippen LogP contribution in [0.3, 0.4) is 0 Å². The van der Waals surface area contributed by atoms with Crippen LogP contribution < -0.4 is 10.6 Å². The minimum atomic E-state index is 0. The van der Waals surface area contributed by atoms with E-state index in [-0.39, 0.29) is 24.0 Å². The number of nitrogens with one attached hydrogen (secondary N) is 2. The predicted molar refractivity (Wildman–Crippen MR) is 80.7 cm³/mol. The van der Waals surface area contributed by atoms with Crippen molar-refractivity contribution >= 4 is 29.9 Å². The number of halogens is 1. The van der Waals surface area contributed by atoms with Gasteiger partial charge in [-0.2, -0.15) is 0 Å². The Morgan fingerprint density at radius 1 is 1.31 bits per heavy atom. The summed E-state index contributed by atoms with van der Waals surface area (Å²) in [5.41, 5.74) is 0. The van der Waals surface area contributed by atoms with Crippen molar-refractivity contribution in [1.29, 1.82) is 0 Å². The van der Waals surface area contributed by atoms with E-state index in [0.717, 1.165) is 32.0 Å². The minimum absolute atomic E-state index is 0. The molecule has 0 saturated carbocycles. The molecule has 0 heterocycles. The molecule has 0 amide bonds. The van der Waals surface area contributed by atoms with Crippen molar-refractivity contribution in [2.24, 2.45) is 10.9 Å². The third-order valence-corrected chi connectivity index (χ3v) is 1.92. The van der Waals surface area contributed by atoms with Gasteiger partial charge in [0.1, 0.15) is 0 Å². The maximum Gasteiger partial charge on any atom is 0.191 e. The molecule has 0 aliphatic carbocycles. The summed E-state index contributed by atoms with van der Waals surface area (Å²) in [6.07, 6.45) is 1.13. The molecule has 0 aromatic heterocycles. The summed E-state index contributed by atoms with van der Waals surface area (Å²) in [5.74, 6) is 1.59. The van der Waals surface area contributed by atoms with Gasteiger partial charge in [-0.25, -0.2) is 0 Å². The Bertz CT molecular complexity index is 175. The maximum atomic E-state index is 4.97. The molecular formula is C11H26IN3O. The number of hydrogen-bond donors (Lipinski definition) is 2. The zero-order valence-corrected chi connectivity index (χ0v) is 13.2. The Kier molecular flexibility index (Phi) is 14.9. The highest BCUT2D eigenvalue weighted by Gasteiger charge is 1.96. The first-order valence-corrected chi connectivity index (χ1v) is 5.71. The lowest BCUT2D eigenvalue weighted by Gasteiger charge is -2.11. The molecule has 0 bridgehead atoms. The highest BCUT2D eigenvalue weighted by Crippen LogP contribution is 1.98. The number of hydrogen-bond acceptors (Lipinski definition) is 2. The van der Waals surface area contributed by atoms with Gasteiger partial charge in [-0.3, -0.25) is 4.99 Å². The van der Waals surface area contributed by atoms with Crippen molar-refractivity contribution in [2.75, 3.05) is 33.4 Å². The number of rotatable bonds is 7. The lowest BCUT2D eigenvalue weighted by atomic mass is 10.1.